The zero-order chi connectivity index (χ0) is 23.5. The van der Waals surface area contributed by atoms with E-state index in [1.807, 2.05) is 0 Å². The Balaban J connectivity index is 4.78. The molecule has 4 nitrogen and oxygen atoms in total. The number of carbonyl (C=O) groups is 2. The third-order valence-corrected chi connectivity index (χ3v) is 15.5. The fourth-order valence-corrected chi connectivity index (χ4v) is 13.8. The minimum absolute atomic E-state index is 0.128. The molecule has 0 aliphatic rings. The molecule has 0 aromatic carbocycles. The second-order valence-electron chi connectivity index (χ2n) is 10.1. The van der Waals surface area contributed by atoms with Crippen LogP contribution in [0.4, 0.5) is 0 Å². The zero-order valence-electron chi connectivity index (χ0n) is 21.6. The molecule has 0 bridgehead atoms. The molecule has 0 aliphatic carbocycles. The van der Waals surface area contributed by atoms with Crippen molar-refractivity contribution in [2.45, 2.75) is 140 Å². The Morgan fingerprint density at radius 1 is 0.613 bits per heavy atom. The Hall–Kier alpha value is -0.261. The van der Waals surface area contributed by atoms with Gasteiger partial charge in [0.05, 0.1) is 0 Å². The zero-order valence-corrected chi connectivity index (χ0v) is 24.5. The molecule has 0 fully saturated rings. The Bertz CT molecular complexity index is 420. The van der Waals surface area contributed by atoms with Crippen LogP contribution in [0.5, 0.6) is 0 Å². The average molecular weight is 547 g/mol. The van der Waals surface area contributed by atoms with Gasteiger partial charge < -0.3 is 0 Å². The number of unbranched alkanes of at least 4 members (excludes halogenated alkanes) is 6. The topological polar surface area (TPSA) is 52.6 Å². The third-order valence-electron chi connectivity index (χ3n) is 5.75. The predicted octanol–water partition coefficient (Wildman–Crippen LogP) is 8.33. The van der Waals surface area contributed by atoms with E-state index in [2.05, 4.69) is 41.5 Å². The Labute approximate surface area is 198 Å². The van der Waals surface area contributed by atoms with E-state index in [0.29, 0.717) is 24.7 Å². The van der Waals surface area contributed by atoms with Gasteiger partial charge in [-0.3, -0.25) is 0 Å². The fraction of sp³-hybridized carbons (Fsp3) is 0.923. The summed E-state index contributed by atoms with van der Waals surface area (Å²) < 4.78 is 13.9. The van der Waals surface area contributed by atoms with Gasteiger partial charge in [-0.1, -0.05) is 0 Å². The molecule has 0 unspecified atom stereocenters. The summed E-state index contributed by atoms with van der Waals surface area (Å²) in [4.78, 5) is 25.3. The molecule has 0 saturated heterocycles. The van der Waals surface area contributed by atoms with Crippen molar-refractivity contribution >= 4 is 31.1 Å². The standard InChI is InChI=1S/2C9H18O2.2C4H9.Sn/c2*1-8(2)6-4-3-5-7-9(10)11;2*1-3-4-2;/h2*8H,3-7H2,1-2H3,(H,10,11);2*1,3-4H2,2H3;/q;;;;+2/p-2. The maximum atomic E-state index is 12.7. The first kappa shape index (κ1) is 30.7. The summed E-state index contributed by atoms with van der Waals surface area (Å²) in [5, 5.41) is 0. The molecule has 5 heteroatoms. The first-order chi connectivity index (χ1) is 14.7. The summed E-state index contributed by atoms with van der Waals surface area (Å²) in [5.74, 6) is 1.17. The van der Waals surface area contributed by atoms with Crippen molar-refractivity contribution in [3.05, 3.63) is 0 Å². The number of rotatable bonds is 20. The second kappa shape index (κ2) is 19.2. The van der Waals surface area contributed by atoms with Crippen molar-refractivity contribution in [2.24, 2.45) is 11.8 Å². The van der Waals surface area contributed by atoms with Crippen molar-refractivity contribution in [2.75, 3.05) is 0 Å². The van der Waals surface area contributed by atoms with Crippen molar-refractivity contribution in [1.29, 1.82) is 0 Å². The Morgan fingerprint density at radius 3 is 1.32 bits per heavy atom. The van der Waals surface area contributed by atoms with Gasteiger partial charge in [0.15, 0.2) is 0 Å². The van der Waals surface area contributed by atoms with E-state index >= 15 is 0 Å². The number of hydrogen-bond acceptors (Lipinski definition) is 4. The molecule has 0 amide bonds. The van der Waals surface area contributed by atoms with E-state index in [-0.39, 0.29) is 11.9 Å². The molecular weight excluding hydrogens is 495 g/mol. The van der Waals surface area contributed by atoms with E-state index in [9.17, 15) is 9.59 Å². The van der Waals surface area contributed by atoms with Gasteiger partial charge in [-0.25, -0.2) is 0 Å². The van der Waals surface area contributed by atoms with Gasteiger partial charge in [0.1, 0.15) is 0 Å². The third kappa shape index (κ3) is 17.9. The molecule has 0 saturated carbocycles. The van der Waals surface area contributed by atoms with Gasteiger partial charge in [0.2, 0.25) is 0 Å². The molecule has 0 N–H and O–H groups in total. The quantitative estimate of drug-likeness (QED) is 0.114. The molecule has 0 atom stereocenters. The Morgan fingerprint density at radius 2 is 1.00 bits per heavy atom. The van der Waals surface area contributed by atoms with E-state index in [1.54, 1.807) is 0 Å². The van der Waals surface area contributed by atoms with E-state index in [0.717, 1.165) is 73.1 Å². The van der Waals surface area contributed by atoms with E-state index < -0.39 is 19.2 Å². The molecular formula is C26H52O4Sn. The average Bonchev–Trinajstić information content (AvgIpc) is 2.69. The van der Waals surface area contributed by atoms with Gasteiger partial charge >= 0.3 is 199 Å². The summed E-state index contributed by atoms with van der Waals surface area (Å²) in [6.07, 6.45) is 13.6. The second-order valence-corrected chi connectivity index (χ2v) is 19.3. The minimum atomic E-state index is -3.74. The summed E-state index contributed by atoms with van der Waals surface area (Å²) >= 11 is -3.74. The van der Waals surface area contributed by atoms with Crippen LogP contribution in [-0.2, 0) is 15.7 Å². The molecule has 0 rings (SSSR count). The molecule has 0 aliphatic heterocycles. The summed E-state index contributed by atoms with van der Waals surface area (Å²) in [6.45, 7) is 13.2. The number of hydrogen-bond donors (Lipinski definition) is 0. The van der Waals surface area contributed by atoms with Crippen molar-refractivity contribution in [3.63, 3.8) is 0 Å². The van der Waals surface area contributed by atoms with E-state index in [1.165, 1.54) is 12.8 Å². The van der Waals surface area contributed by atoms with Crippen LogP contribution < -0.4 is 0 Å². The van der Waals surface area contributed by atoms with Crippen LogP contribution in [0.3, 0.4) is 0 Å². The van der Waals surface area contributed by atoms with Gasteiger partial charge in [0, 0.05) is 0 Å². The molecule has 31 heavy (non-hydrogen) atoms. The molecule has 0 aromatic heterocycles. The van der Waals surface area contributed by atoms with Gasteiger partial charge in [0.25, 0.3) is 0 Å². The first-order valence-electron chi connectivity index (χ1n) is 13.2. The van der Waals surface area contributed by atoms with Gasteiger partial charge in [-0.2, -0.15) is 0 Å². The normalized spacial score (nSPS) is 11.9. The van der Waals surface area contributed by atoms with Gasteiger partial charge in [-0.05, 0) is 0 Å². The van der Waals surface area contributed by atoms with Crippen LogP contribution in [0.15, 0.2) is 0 Å². The van der Waals surface area contributed by atoms with Crippen LogP contribution in [0.25, 0.3) is 0 Å². The van der Waals surface area contributed by atoms with Crippen LogP contribution in [-0.4, -0.2) is 31.1 Å². The molecule has 184 valence electrons. The summed E-state index contributed by atoms with van der Waals surface area (Å²) in [5.41, 5.74) is 0. The summed E-state index contributed by atoms with van der Waals surface area (Å²) in [6, 6.07) is 0. The van der Waals surface area contributed by atoms with Crippen LogP contribution in [0.2, 0.25) is 8.87 Å². The SMILES string of the molecule is CCC[CH2][Sn]([CH2]CCC)([O]C(=O)CCCCCC(C)C)[O]C(=O)CCCCCC(C)C. The van der Waals surface area contributed by atoms with Gasteiger partial charge in [-0.15, -0.1) is 0 Å². The monoisotopic (exact) mass is 548 g/mol. The molecule has 0 aromatic rings. The predicted molar refractivity (Wildman–Crippen MR) is 133 cm³/mol. The molecule has 0 heterocycles. The van der Waals surface area contributed by atoms with Crippen molar-refractivity contribution < 1.29 is 15.7 Å². The van der Waals surface area contributed by atoms with Crippen molar-refractivity contribution in [1.82, 2.24) is 0 Å². The molecule has 0 spiro atoms. The summed E-state index contributed by atoms with van der Waals surface area (Å²) in [7, 11) is 0. The van der Waals surface area contributed by atoms with Crippen LogP contribution in [0, 0.1) is 11.8 Å². The number of carbonyl (C=O) groups excluding carboxylic acids is 2. The Kier molecular flexibility index (Phi) is 19.1. The van der Waals surface area contributed by atoms with Crippen LogP contribution >= 0.6 is 0 Å². The van der Waals surface area contributed by atoms with E-state index in [4.69, 9.17) is 6.15 Å². The molecule has 0 radical (unpaired) electrons. The maximum absolute atomic E-state index is 12.7. The van der Waals surface area contributed by atoms with Crippen molar-refractivity contribution in [3.8, 4) is 0 Å². The first-order valence-corrected chi connectivity index (χ1v) is 19.5. The fourth-order valence-electron chi connectivity index (χ4n) is 3.76. The van der Waals surface area contributed by atoms with Crippen LogP contribution in [0.1, 0.15) is 131 Å².